The zero-order valence-corrected chi connectivity index (χ0v) is 16.3. The number of ether oxygens (including phenoxy) is 1. The van der Waals surface area contributed by atoms with Gasteiger partial charge in [0.15, 0.2) is 0 Å². The van der Waals surface area contributed by atoms with Crippen molar-refractivity contribution >= 4 is 17.3 Å². The van der Waals surface area contributed by atoms with Gasteiger partial charge >= 0.3 is 0 Å². The van der Waals surface area contributed by atoms with E-state index in [-0.39, 0.29) is 11.4 Å². The number of anilines is 2. The van der Waals surface area contributed by atoms with Crippen molar-refractivity contribution in [2.75, 3.05) is 43.0 Å². The van der Waals surface area contributed by atoms with Crippen LogP contribution in [0.1, 0.15) is 6.92 Å². The molecule has 1 amide bonds. The fourth-order valence-electron chi connectivity index (χ4n) is 3.08. The summed E-state index contributed by atoms with van der Waals surface area (Å²) < 4.78 is 18.5. The fourth-order valence-corrected chi connectivity index (χ4v) is 3.08. The maximum atomic E-state index is 13.1. The van der Waals surface area contributed by atoms with Crippen LogP contribution in [0.15, 0.2) is 60.3 Å². The molecule has 150 valence electrons. The van der Waals surface area contributed by atoms with Crippen molar-refractivity contribution < 1.29 is 13.9 Å². The first-order chi connectivity index (χ1) is 14.1. The Morgan fingerprint density at radius 2 is 1.79 bits per heavy atom. The molecule has 1 aliphatic heterocycles. The highest BCUT2D eigenvalue weighted by molar-refractivity contribution is 6.06. The van der Waals surface area contributed by atoms with E-state index in [2.05, 4.69) is 10.2 Å². The first-order valence-electron chi connectivity index (χ1n) is 9.49. The van der Waals surface area contributed by atoms with E-state index in [1.807, 2.05) is 17.9 Å². The monoisotopic (exact) mass is 394 g/mol. The molecule has 3 rings (SSSR count). The van der Waals surface area contributed by atoms with Gasteiger partial charge in [0.1, 0.15) is 23.2 Å². The number of rotatable bonds is 6. The Bertz CT molecular complexity index is 896. The van der Waals surface area contributed by atoms with Gasteiger partial charge in [-0.1, -0.05) is 0 Å². The van der Waals surface area contributed by atoms with Crippen molar-refractivity contribution in [3.63, 3.8) is 0 Å². The molecule has 7 heteroatoms. The number of amides is 1. The number of nitrogens with zero attached hydrogens (tertiary/aromatic N) is 3. The Morgan fingerprint density at radius 1 is 1.14 bits per heavy atom. The van der Waals surface area contributed by atoms with Gasteiger partial charge in [0.05, 0.1) is 6.61 Å². The van der Waals surface area contributed by atoms with Gasteiger partial charge in [0.2, 0.25) is 0 Å². The van der Waals surface area contributed by atoms with Crippen LogP contribution in [-0.2, 0) is 4.79 Å². The molecule has 0 spiro atoms. The summed E-state index contributed by atoms with van der Waals surface area (Å²) in [5, 5.41) is 12.1. The minimum Gasteiger partial charge on any atom is -0.494 e. The van der Waals surface area contributed by atoms with Crippen molar-refractivity contribution in [3.05, 3.63) is 66.1 Å². The summed E-state index contributed by atoms with van der Waals surface area (Å²) in [7, 11) is 0. The van der Waals surface area contributed by atoms with Crippen LogP contribution in [0.2, 0.25) is 0 Å². The lowest BCUT2D eigenvalue weighted by atomic mass is 10.2. The average molecular weight is 394 g/mol. The molecule has 29 heavy (non-hydrogen) atoms. The van der Waals surface area contributed by atoms with Crippen LogP contribution in [0.3, 0.4) is 0 Å². The number of benzene rings is 2. The first-order valence-corrected chi connectivity index (χ1v) is 9.49. The minimum absolute atomic E-state index is 0.0501. The molecule has 1 heterocycles. The molecule has 1 fully saturated rings. The van der Waals surface area contributed by atoms with Crippen LogP contribution in [0.25, 0.3) is 0 Å². The van der Waals surface area contributed by atoms with Gasteiger partial charge in [-0.05, 0) is 55.5 Å². The highest BCUT2D eigenvalue weighted by Crippen LogP contribution is 2.18. The molecule has 0 saturated carbocycles. The fraction of sp³-hybridized carbons (Fsp3) is 0.273. The predicted molar refractivity (Wildman–Crippen MR) is 110 cm³/mol. The lowest BCUT2D eigenvalue weighted by molar-refractivity contribution is -0.112. The summed E-state index contributed by atoms with van der Waals surface area (Å²) in [6.45, 7) is 5.25. The Balaban J connectivity index is 1.57. The lowest BCUT2D eigenvalue weighted by Crippen LogP contribution is -2.44. The molecular weight excluding hydrogens is 371 g/mol. The molecule has 0 radical (unpaired) electrons. The van der Waals surface area contributed by atoms with E-state index in [4.69, 9.17) is 4.74 Å². The number of carbonyl (C=O) groups is 1. The minimum atomic E-state index is -0.447. The Labute approximate surface area is 169 Å². The first kappa shape index (κ1) is 20.2. The van der Waals surface area contributed by atoms with Crippen LogP contribution in [0.5, 0.6) is 5.75 Å². The van der Waals surface area contributed by atoms with Crippen LogP contribution in [0, 0.1) is 17.1 Å². The zero-order valence-electron chi connectivity index (χ0n) is 16.3. The second-order valence-corrected chi connectivity index (χ2v) is 6.57. The summed E-state index contributed by atoms with van der Waals surface area (Å²) in [5.41, 5.74) is 1.61. The van der Waals surface area contributed by atoms with E-state index in [9.17, 15) is 14.4 Å². The van der Waals surface area contributed by atoms with Gasteiger partial charge in [-0.15, -0.1) is 0 Å². The quantitative estimate of drug-likeness (QED) is 0.601. The van der Waals surface area contributed by atoms with Crippen LogP contribution in [-0.4, -0.2) is 43.6 Å². The molecule has 1 N–H and O–H groups in total. The number of nitrogens with one attached hydrogen (secondary N) is 1. The summed E-state index contributed by atoms with van der Waals surface area (Å²) in [6.07, 6.45) is 1.60. The number of hydrogen-bond acceptors (Lipinski definition) is 5. The highest BCUT2D eigenvalue weighted by Gasteiger charge is 2.18. The van der Waals surface area contributed by atoms with Gasteiger partial charge in [0, 0.05) is 43.8 Å². The van der Waals surface area contributed by atoms with E-state index in [0.29, 0.717) is 25.4 Å². The molecule has 6 nitrogen and oxygen atoms in total. The predicted octanol–water partition coefficient (Wildman–Crippen LogP) is 3.39. The maximum Gasteiger partial charge on any atom is 0.267 e. The molecule has 1 saturated heterocycles. The van der Waals surface area contributed by atoms with Crippen LogP contribution >= 0.6 is 0 Å². The van der Waals surface area contributed by atoms with E-state index in [0.717, 1.165) is 24.5 Å². The molecule has 0 atom stereocenters. The van der Waals surface area contributed by atoms with Crippen molar-refractivity contribution in [3.8, 4) is 11.8 Å². The van der Waals surface area contributed by atoms with Crippen LogP contribution in [0.4, 0.5) is 15.8 Å². The molecule has 1 aliphatic rings. The van der Waals surface area contributed by atoms with Gasteiger partial charge in [-0.3, -0.25) is 4.79 Å². The Hall–Kier alpha value is -3.53. The lowest BCUT2D eigenvalue weighted by Gasteiger charge is -2.35. The van der Waals surface area contributed by atoms with Crippen molar-refractivity contribution in [1.29, 1.82) is 5.26 Å². The average Bonchev–Trinajstić information content (AvgIpc) is 2.74. The second kappa shape index (κ2) is 9.60. The third kappa shape index (κ3) is 5.48. The van der Waals surface area contributed by atoms with Crippen molar-refractivity contribution in [2.24, 2.45) is 0 Å². The second-order valence-electron chi connectivity index (χ2n) is 6.57. The topological polar surface area (TPSA) is 68.6 Å². The smallest absolute Gasteiger partial charge is 0.267 e. The van der Waals surface area contributed by atoms with Crippen molar-refractivity contribution in [2.45, 2.75) is 6.92 Å². The number of nitriles is 1. The summed E-state index contributed by atoms with van der Waals surface area (Å²) in [6, 6.07) is 15.4. The number of hydrogen-bond donors (Lipinski definition) is 1. The molecular formula is C22H23FN4O2. The normalized spacial score (nSPS) is 14.3. The van der Waals surface area contributed by atoms with E-state index in [1.54, 1.807) is 42.6 Å². The third-order valence-electron chi connectivity index (χ3n) is 4.61. The number of piperazine rings is 1. The standard InChI is InChI=1S/C22H23FN4O2/c1-2-29-21-9-5-19(6-10-21)25-22(28)17(15-24)16-26-11-13-27(14-12-26)20-7-3-18(23)4-8-20/h3-10,16H,2,11-14H2,1H3,(H,25,28)/b17-16-. The molecule has 0 bridgehead atoms. The van der Waals surface area contributed by atoms with Gasteiger partial charge in [-0.25, -0.2) is 4.39 Å². The zero-order chi connectivity index (χ0) is 20.6. The van der Waals surface area contributed by atoms with E-state index < -0.39 is 5.91 Å². The number of halogens is 1. The van der Waals surface area contributed by atoms with E-state index in [1.165, 1.54) is 12.1 Å². The van der Waals surface area contributed by atoms with E-state index >= 15 is 0 Å². The summed E-state index contributed by atoms with van der Waals surface area (Å²) >= 11 is 0. The molecule has 0 aliphatic carbocycles. The summed E-state index contributed by atoms with van der Waals surface area (Å²) in [5.74, 6) is 0.0192. The third-order valence-corrected chi connectivity index (χ3v) is 4.61. The summed E-state index contributed by atoms with van der Waals surface area (Å²) in [4.78, 5) is 16.5. The van der Waals surface area contributed by atoms with Crippen molar-refractivity contribution in [1.82, 2.24) is 4.90 Å². The van der Waals surface area contributed by atoms with Crippen LogP contribution < -0.4 is 15.0 Å². The maximum absolute atomic E-state index is 13.1. The number of carbonyl (C=O) groups excluding carboxylic acids is 1. The molecule has 0 unspecified atom stereocenters. The largest absolute Gasteiger partial charge is 0.494 e. The van der Waals surface area contributed by atoms with Gasteiger partial charge in [-0.2, -0.15) is 5.26 Å². The highest BCUT2D eigenvalue weighted by atomic mass is 19.1. The Kier molecular flexibility index (Phi) is 6.69. The van der Waals surface area contributed by atoms with Gasteiger partial charge in [0.25, 0.3) is 5.91 Å². The SMILES string of the molecule is CCOc1ccc(NC(=O)/C(C#N)=C\N2CCN(c3ccc(F)cc3)CC2)cc1. The molecule has 2 aromatic carbocycles. The molecule has 2 aromatic rings. The Morgan fingerprint density at radius 3 is 2.38 bits per heavy atom. The molecule has 0 aromatic heterocycles. The van der Waals surface area contributed by atoms with Gasteiger partial charge < -0.3 is 19.9 Å².